The van der Waals surface area contributed by atoms with Crippen LogP contribution in [0.15, 0.2) is 16.7 Å². The Morgan fingerprint density at radius 3 is 2.61 bits per heavy atom. The quantitative estimate of drug-likeness (QED) is 0.860. The van der Waals surface area contributed by atoms with E-state index in [1.165, 1.54) is 12.1 Å². The second-order valence-electron chi connectivity index (χ2n) is 3.69. The summed E-state index contributed by atoms with van der Waals surface area (Å²) in [4.78, 5) is 3.97. The van der Waals surface area contributed by atoms with Crippen LogP contribution < -0.4 is 15.2 Å². The van der Waals surface area contributed by atoms with Crippen molar-refractivity contribution >= 4 is 0 Å². The van der Waals surface area contributed by atoms with Crippen molar-refractivity contribution < 1.29 is 18.4 Å². The van der Waals surface area contributed by atoms with E-state index in [1.807, 2.05) is 0 Å². The molecule has 0 unspecified atom stereocenters. The summed E-state index contributed by atoms with van der Waals surface area (Å²) in [6.07, 6.45) is 0. The summed E-state index contributed by atoms with van der Waals surface area (Å²) in [5.41, 5.74) is 5.55. The predicted molar refractivity (Wildman–Crippen MR) is 58.6 cm³/mol. The fourth-order valence-corrected chi connectivity index (χ4v) is 1.68. The molecule has 1 aliphatic heterocycles. The minimum absolute atomic E-state index is 0.110. The molecule has 0 aliphatic carbocycles. The van der Waals surface area contributed by atoms with Crippen molar-refractivity contribution in [2.24, 2.45) is 5.73 Å². The van der Waals surface area contributed by atoms with Gasteiger partial charge in [-0.2, -0.15) is 4.98 Å². The van der Waals surface area contributed by atoms with Crippen molar-refractivity contribution in [2.75, 3.05) is 13.2 Å². The summed E-state index contributed by atoms with van der Waals surface area (Å²) < 4.78 is 29.4. The van der Waals surface area contributed by atoms with Crippen LogP contribution in [-0.2, 0) is 6.54 Å². The Kier molecular flexibility index (Phi) is 2.60. The Bertz CT molecular complexity index is 585. The molecule has 0 spiro atoms. The number of aromatic nitrogens is 2. The Balaban J connectivity index is 2.06. The van der Waals surface area contributed by atoms with Crippen LogP contribution in [0.3, 0.4) is 0 Å². The molecule has 0 saturated carbocycles. The first kappa shape index (κ1) is 11.0. The SMILES string of the molecule is NCc1nc(-c2cc3c(cc2F)OCCO3)no1. The van der Waals surface area contributed by atoms with Crippen molar-refractivity contribution in [1.82, 2.24) is 10.1 Å². The standard InChI is InChI=1S/C11H10FN3O3/c12-7-4-9-8(16-1-2-17-9)3-6(7)11-14-10(5-13)18-15-11/h3-4H,1-2,5,13H2. The van der Waals surface area contributed by atoms with Crippen LogP contribution in [0, 0.1) is 5.82 Å². The third-order valence-corrected chi connectivity index (χ3v) is 2.52. The van der Waals surface area contributed by atoms with Gasteiger partial charge in [-0.25, -0.2) is 4.39 Å². The molecule has 7 heteroatoms. The molecule has 6 nitrogen and oxygen atoms in total. The number of ether oxygens (including phenoxy) is 2. The highest BCUT2D eigenvalue weighted by Gasteiger charge is 2.19. The first-order valence-corrected chi connectivity index (χ1v) is 5.40. The van der Waals surface area contributed by atoms with Gasteiger partial charge in [0.05, 0.1) is 12.1 Å². The molecule has 2 heterocycles. The summed E-state index contributed by atoms with van der Waals surface area (Å²) in [5.74, 6) is 0.745. The fourth-order valence-electron chi connectivity index (χ4n) is 1.68. The first-order valence-electron chi connectivity index (χ1n) is 5.40. The van der Waals surface area contributed by atoms with Gasteiger partial charge in [0.15, 0.2) is 11.5 Å². The lowest BCUT2D eigenvalue weighted by molar-refractivity contribution is 0.171. The van der Waals surface area contributed by atoms with Gasteiger partial charge >= 0.3 is 0 Å². The summed E-state index contributed by atoms with van der Waals surface area (Å²) in [7, 11) is 0. The molecule has 18 heavy (non-hydrogen) atoms. The second kappa shape index (κ2) is 4.26. The average Bonchev–Trinajstić information content (AvgIpc) is 2.86. The molecule has 3 rings (SSSR count). The first-order chi connectivity index (χ1) is 8.78. The highest BCUT2D eigenvalue weighted by molar-refractivity contribution is 5.62. The lowest BCUT2D eigenvalue weighted by Gasteiger charge is -2.18. The Morgan fingerprint density at radius 2 is 1.94 bits per heavy atom. The van der Waals surface area contributed by atoms with E-state index in [-0.39, 0.29) is 23.8 Å². The largest absolute Gasteiger partial charge is 0.486 e. The van der Waals surface area contributed by atoms with E-state index in [0.717, 1.165) is 0 Å². The average molecular weight is 251 g/mol. The molecule has 0 bridgehead atoms. The number of nitrogens with two attached hydrogens (primary N) is 1. The predicted octanol–water partition coefficient (Wildman–Crippen LogP) is 1.11. The second-order valence-corrected chi connectivity index (χ2v) is 3.69. The topological polar surface area (TPSA) is 83.4 Å². The minimum Gasteiger partial charge on any atom is -0.486 e. The summed E-state index contributed by atoms with van der Waals surface area (Å²) in [6, 6.07) is 2.75. The van der Waals surface area contributed by atoms with Crippen molar-refractivity contribution in [3.05, 3.63) is 23.8 Å². The van der Waals surface area contributed by atoms with E-state index in [2.05, 4.69) is 10.1 Å². The zero-order valence-electron chi connectivity index (χ0n) is 9.35. The molecule has 94 valence electrons. The van der Waals surface area contributed by atoms with Gasteiger partial charge in [-0.1, -0.05) is 5.16 Å². The Morgan fingerprint density at radius 1 is 1.22 bits per heavy atom. The van der Waals surface area contributed by atoms with E-state index in [4.69, 9.17) is 19.7 Å². The van der Waals surface area contributed by atoms with Gasteiger partial charge < -0.3 is 19.7 Å². The Labute approximate surface area is 101 Å². The molecule has 1 aromatic carbocycles. The van der Waals surface area contributed by atoms with E-state index in [9.17, 15) is 4.39 Å². The molecule has 2 N–H and O–H groups in total. The van der Waals surface area contributed by atoms with Gasteiger partial charge in [-0.3, -0.25) is 0 Å². The van der Waals surface area contributed by atoms with Crippen molar-refractivity contribution in [3.8, 4) is 22.9 Å². The maximum absolute atomic E-state index is 13.9. The van der Waals surface area contributed by atoms with Gasteiger partial charge in [0.1, 0.15) is 19.0 Å². The minimum atomic E-state index is -0.497. The number of fused-ring (bicyclic) bond motifs is 1. The van der Waals surface area contributed by atoms with Crippen molar-refractivity contribution in [1.29, 1.82) is 0 Å². The third-order valence-electron chi connectivity index (χ3n) is 2.52. The van der Waals surface area contributed by atoms with Crippen LogP contribution >= 0.6 is 0 Å². The van der Waals surface area contributed by atoms with Crippen LogP contribution in [0.5, 0.6) is 11.5 Å². The number of rotatable bonds is 2. The molecule has 0 atom stereocenters. The molecule has 0 radical (unpaired) electrons. The molecule has 1 aliphatic rings. The van der Waals surface area contributed by atoms with E-state index >= 15 is 0 Å². The van der Waals surface area contributed by atoms with Gasteiger partial charge in [-0.05, 0) is 6.07 Å². The molecule has 1 aromatic heterocycles. The molecule has 0 amide bonds. The van der Waals surface area contributed by atoms with Crippen LogP contribution in [0.4, 0.5) is 4.39 Å². The number of hydrogen-bond donors (Lipinski definition) is 1. The lowest BCUT2D eigenvalue weighted by Crippen LogP contribution is -2.15. The number of benzene rings is 1. The van der Waals surface area contributed by atoms with Crippen molar-refractivity contribution in [3.63, 3.8) is 0 Å². The van der Waals surface area contributed by atoms with Crippen LogP contribution in [-0.4, -0.2) is 23.4 Å². The lowest BCUT2D eigenvalue weighted by atomic mass is 10.1. The van der Waals surface area contributed by atoms with Crippen molar-refractivity contribution in [2.45, 2.75) is 6.54 Å². The van der Waals surface area contributed by atoms with Crippen LogP contribution in [0.1, 0.15) is 5.89 Å². The van der Waals surface area contributed by atoms with Gasteiger partial charge in [0.2, 0.25) is 11.7 Å². The van der Waals surface area contributed by atoms with Crippen LogP contribution in [0.2, 0.25) is 0 Å². The number of hydrogen-bond acceptors (Lipinski definition) is 6. The molecular weight excluding hydrogens is 241 g/mol. The van der Waals surface area contributed by atoms with E-state index < -0.39 is 5.82 Å². The molecular formula is C11H10FN3O3. The highest BCUT2D eigenvalue weighted by atomic mass is 19.1. The highest BCUT2D eigenvalue weighted by Crippen LogP contribution is 2.35. The normalized spacial score (nSPS) is 13.7. The monoisotopic (exact) mass is 251 g/mol. The maximum Gasteiger partial charge on any atom is 0.240 e. The zero-order chi connectivity index (χ0) is 12.5. The van der Waals surface area contributed by atoms with Gasteiger partial charge in [-0.15, -0.1) is 0 Å². The maximum atomic E-state index is 13.9. The summed E-state index contributed by atoms with van der Waals surface area (Å²) >= 11 is 0. The molecule has 0 fully saturated rings. The van der Waals surface area contributed by atoms with E-state index in [1.54, 1.807) is 0 Å². The Hall–Kier alpha value is -2.15. The fraction of sp³-hybridized carbons (Fsp3) is 0.273. The smallest absolute Gasteiger partial charge is 0.240 e. The van der Waals surface area contributed by atoms with Crippen LogP contribution in [0.25, 0.3) is 11.4 Å². The summed E-state index contributed by atoms with van der Waals surface area (Å²) in [6.45, 7) is 0.947. The van der Waals surface area contributed by atoms with Gasteiger partial charge in [0, 0.05) is 6.07 Å². The zero-order valence-corrected chi connectivity index (χ0v) is 9.35. The van der Waals surface area contributed by atoms with Gasteiger partial charge in [0.25, 0.3) is 0 Å². The summed E-state index contributed by atoms with van der Waals surface area (Å²) in [5, 5.41) is 3.66. The number of halogens is 1. The van der Waals surface area contributed by atoms with E-state index in [0.29, 0.717) is 24.7 Å². The third kappa shape index (κ3) is 1.78. The molecule has 0 saturated heterocycles. The number of nitrogens with zero attached hydrogens (tertiary/aromatic N) is 2. The molecule has 2 aromatic rings.